The Balaban J connectivity index is 2.14. The summed E-state index contributed by atoms with van der Waals surface area (Å²) in [6, 6.07) is 10.8. The van der Waals surface area contributed by atoms with Crippen LogP contribution in [-0.4, -0.2) is 20.0 Å². The standard InChI is InChI=1S/C23H28NO5PS/c1-7-31-23-15(3)21(25)18-13-14(2)12-17(22(18)29-23)16(4)24-19-10-8-9-11-20(19)30(26,27-5)28-6/h8-13,16,24H,7H2,1-6H3. The third kappa shape index (κ3) is 4.60. The predicted octanol–water partition coefficient (Wildman–Crippen LogP) is 5.81. The van der Waals surface area contributed by atoms with E-state index in [0.29, 0.717) is 32.6 Å². The molecule has 0 aliphatic heterocycles. The van der Waals surface area contributed by atoms with Gasteiger partial charge in [-0.05, 0) is 50.3 Å². The number of fused-ring (bicyclic) bond motifs is 1. The zero-order valence-corrected chi connectivity index (χ0v) is 20.4. The summed E-state index contributed by atoms with van der Waals surface area (Å²) < 4.78 is 29.6. The number of aryl methyl sites for hydroxylation is 1. The van der Waals surface area contributed by atoms with Gasteiger partial charge in [-0.25, -0.2) is 0 Å². The molecular formula is C23H28NO5PS. The molecule has 3 rings (SSSR count). The van der Waals surface area contributed by atoms with Crippen molar-refractivity contribution in [3.05, 3.63) is 63.3 Å². The molecule has 2 aromatic carbocycles. The Kier molecular flexibility index (Phi) is 7.32. The van der Waals surface area contributed by atoms with Crippen LogP contribution in [-0.2, 0) is 13.6 Å². The van der Waals surface area contributed by atoms with Crippen LogP contribution in [0.2, 0.25) is 0 Å². The smallest absolute Gasteiger partial charge is 0.362 e. The number of anilines is 1. The van der Waals surface area contributed by atoms with E-state index in [-0.39, 0.29) is 11.5 Å². The first-order chi connectivity index (χ1) is 14.8. The summed E-state index contributed by atoms with van der Waals surface area (Å²) in [5.74, 6) is 0.807. The summed E-state index contributed by atoms with van der Waals surface area (Å²) in [4.78, 5) is 13.0. The fraction of sp³-hybridized carbons (Fsp3) is 0.348. The minimum Gasteiger partial charge on any atom is -0.449 e. The highest BCUT2D eigenvalue weighted by Gasteiger charge is 2.28. The molecule has 31 heavy (non-hydrogen) atoms. The van der Waals surface area contributed by atoms with Gasteiger partial charge in [-0.15, -0.1) is 0 Å². The van der Waals surface area contributed by atoms with Crippen molar-refractivity contribution in [1.82, 2.24) is 0 Å². The van der Waals surface area contributed by atoms with Crippen molar-refractivity contribution >= 4 is 41.3 Å². The fourth-order valence-electron chi connectivity index (χ4n) is 3.55. The van der Waals surface area contributed by atoms with Gasteiger partial charge in [-0.3, -0.25) is 9.36 Å². The fourth-order valence-corrected chi connectivity index (χ4v) is 5.51. The van der Waals surface area contributed by atoms with Gasteiger partial charge in [0.1, 0.15) is 5.58 Å². The maximum absolute atomic E-state index is 13.0. The van der Waals surface area contributed by atoms with Crippen LogP contribution in [0, 0.1) is 13.8 Å². The normalized spacial score (nSPS) is 12.8. The molecule has 8 heteroatoms. The highest BCUT2D eigenvalue weighted by Crippen LogP contribution is 2.47. The van der Waals surface area contributed by atoms with Crippen LogP contribution in [0.15, 0.2) is 50.7 Å². The van der Waals surface area contributed by atoms with Gasteiger partial charge in [-0.2, -0.15) is 0 Å². The minimum absolute atomic E-state index is 0.0157. The number of benzene rings is 2. The molecule has 1 N–H and O–H groups in total. The van der Waals surface area contributed by atoms with Gasteiger partial charge in [-0.1, -0.05) is 36.9 Å². The molecule has 6 nitrogen and oxygen atoms in total. The molecule has 0 saturated heterocycles. The van der Waals surface area contributed by atoms with Crippen LogP contribution < -0.4 is 16.1 Å². The molecule has 0 amide bonds. The van der Waals surface area contributed by atoms with Gasteiger partial charge in [0, 0.05) is 25.3 Å². The van der Waals surface area contributed by atoms with Gasteiger partial charge >= 0.3 is 7.60 Å². The van der Waals surface area contributed by atoms with Crippen molar-refractivity contribution < 1.29 is 18.0 Å². The lowest BCUT2D eigenvalue weighted by Crippen LogP contribution is -2.18. The van der Waals surface area contributed by atoms with Gasteiger partial charge in [0.05, 0.1) is 22.4 Å². The third-order valence-electron chi connectivity index (χ3n) is 5.14. The third-order valence-corrected chi connectivity index (χ3v) is 8.02. The first-order valence-electron chi connectivity index (χ1n) is 10.0. The molecule has 166 valence electrons. The van der Waals surface area contributed by atoms with Crippen molar-refractivity contribution in [2.24, 2.45) is 0 Å². The molecular weight excluding hydrogens is 433 g/mol. The molecule has 0 radical (unpaired) electrons. The second-order valence-electron chi connectivity index (χ2n) is 7.25. The number of hydrogen-bond acceptors (Lipinski definition) is 7. The molecule has 0 spiro atoms. The van der Waals surface area contributed by atoms with Crippen LogP contribution in [0.3, 0.4) is 0 Å². The van der Waals surface area contributed by atoms with Gasteiger partial charge in [0.15, 0.2) is 10.5 Å². The summed E-state index contributed by atoms with van der Waals surface area (Å²) in [5, 5.41) is 5.06. The number of thioether (sulfide) groups is 1. The van der Waals surface area contributed by atoms with Crippen LogP contribution >= 0.6 is 19.4 Å². The maximum Gasteiger partial charge on any atom is 0.362 e. The van der Waals surface area contributed by atoms with Gasteiger partial charge < -0.3 is 18.8 Å². The summed E-state index contributed by atoms with van der Waals surface area (Å²) >= 11 is 1.51. The Labute approximate surface area is 186 Å². The Bertz CT molecular complexity index is 1200. The molecule has 0 saturated carbocycles. The minimum atomic E-state index is -3.45. The summed E-state index contributed by atoms with van der Waals surface area (Å²) in [6.45, 7) is 7.75. The molecule has 3 aromatic rings. The Morgan fingerprint density at radius 2 is 1.84 bits per heavy atom. The quantitative estimate of drug-likeness (QED) is 0.335. The first kappa shape index (κ1) is 23.6. The second-order valence-corrected chi connectivity index (χ2v) is 10.7. The molecule has 1 heterocycles. The number of nitrogens with one attached hydrogen (secondary N) is 1. The SMILES string of the molecule is CCSc1oc2c(C(C)Nc3ccccc3P(=O)(OC)OC)cc(C)cc2c(=O)c1C. The zero-order chi connectivity index (χ0) is 22.8. The van der Waals surface area contributed by atoms with Crippen LogP contribution in [0.1, 0.15) is 36.6 Å². The van der Waals surface area contributed by atoms with Crippen molar-refractivity contribution in [2.75, 3.05) is 25.3 Å². The van der Waals surface area contributed by atoms with E-state index in [4.69, 9.17) is 13.5 Å². The van der Waals surface area contributed by atoms with Gasteiger partial charge in [0.25, 0.3) is 0 Å². The molecule has 0 aliphatic rings. The van der Waals surface area contributed by atoms with Crippen molar-refractivity contribution in [2.45, 2.75) is 38.8 Å². The first-order valence-corrected chi connectivity index (χ1v) is 12.6. The van der Waals surface area contributed by atoms with E-state index in [0.717, 1.165) is 16.9 Å². The number of para-hydroxylation sites is 1. The molecule has 0 fully saturated rings. The Hall–Kier alpha value is -2.05. The topological polar surface area (TPSA) is 77.8 Å². The van der Waals surface area contributed by atoms with Crippen molar-refractivity contribution in [1.29, 1.82) is 0 Å². The van der Waals surface area contributed by atoms with E-state index in [1.807, 2.05) is 45.0 Å². The largest absolute Gasteiger partial charge is 0.449 e. The molecule has 0 aliphatic carbocycles. The predicted molar refractivity (Wildman–Crippen MR) is 128 cm³/mol. The summed E-state index contributed by atoms with van der Waals surface area (Å²) in [5.41, 5.74) is 3.63. The Morgan fingerprint density at radius 1 is 1.16 bits per heavy atom. The number of rotatable bonds is 8. The van der Waals surface area contributed by atoms with E-state index >= 15 is 0 Å². The highest BCUT2D eigenvalue weighted by molar-refractivity contribution is 7.99. The average molecular weight is 462 g/mol. The van der Waals surface area contributed by atoms with Crippen LogP contribution in [0.25, 0.3) is 11.0 Å². The van der Waals surface area contributed by atoms with E-state index in [1.54, 1.807) is 19.1 Å². The average Bonchev–Trinajstić information content (AvgIpc) is 2.77. The summed E-state index contributed by atoms with van der Waals surface area (Å²) in [7, 11) is -0.720. The van der Waals surface area contributed by atoms with E-state index in [2.05, 4.69) is 5.32 Å². The lowest BCUT2D eigenvalue weighted by atomic mass is 10.0. The van der Waals surface area contributed by atoms with Crippen molar-refractivity contribution in [3.8, 4) is 0 Å². The molecule has 1 aromatic heterocycles. The Morgan fingerprint density at radius 3 is 2.48 bits per heavy atom. The van der Waals surface area contributed by atoms with Crippen LogP contribution in [0.5, 0.6) is 0 Å². The molecule has 1 atom stereocenters. The highest BCUT2D eigenvalue weighted by atomic mass is 32.2. The maximum atomic E-state index is 13.0. The second kappa shape index (κ2) is 9.61. The molecule has 0 bridgehead atoms. The monoisotopic (exact) mass is 461 g/mol. The van der Waals surface area contributed by atoms with Crippen molar-refractivity contribution in [3.63, 3.8) is 0 Å². The van der Waals surface area contributed by atoms with E-state index in [1.165, 1.54) is 26.0 Å². The summed E-state index contributed by atoms with van der Waals surface area (Å²) in [6.07, 6.45) is 0. The number of hydrogen-bond donors (Lipinski definition) is 1. The van der Waals surface area contributed by atoms with Gasteiger partial charge in [0.2, 0.25) is 0 Å². The molecule has 1 unspecified atom stereocenters. The van der Waals surface area contributed by atoms with E-state index < -0.39 is 7.60 Å². The lowest BCUT2D eigenvalue weighted by Gasteiger charge is -2.22. The lowest BCUT2D eigenvalue weighted by molar-refractivity contribution is 0.287. The zero-order valence-electron chi connectivity index (χ0n) is 18.6. The van der Waals surface area contributed by atoms with E-state index in [9.17, 15) is 9.36 Å². The van der Waals surface area contributed by atoms with Crippen LogP contribution in [0.4, 0.5) is 5.69 Å².